The van der Waals surface area contributed by atoms with Gasteiger partial charge in [-0.25, -0.2) is 0 Å². The summed E-state index contributed by atoms with van der Waals surface area (Å²) in [6, 6.07) is 4.18. The summed E-state index contributed by atoms with van der Waals surface area (Å²) in [6.07, 6.45) is 0.837. The maximum atomic E-state index is 12.0. The van der Waals surface area contributed by atoms with Crippen molar-refractivity contribution in [3.05, 3.63) is 28.8 Å². The Kier molecular flexibility index (Phi) is 5.63. The maximum absolute atomic E-state index is 12.0. The third-order valence-corrected chi connectivity index (χ3v) is 2.88. The molecule has 0 radical (unpaired) electrons. The smallest absolute Gasteiger partial charge is 0.255 e. The van der Waals surface area contributed by atoms with Crippen molar-refractivity contribution in [2.45, 2.75) is 26.3 Å². The summed E-state index contributed by atoms with van der Waals surface area (Å²) in [4.78, 5) is 23.7. The van der Waals surface area contributed by atoms with E-state index in [0.29, 0.717) is 6.54 Å². The second-order valence-electron chi connectivity index (χ2n) is 4.19. The van der Waals surface area contributed by atoms with Gasteiger partial charge in [0, 0.05) is 12.2 Å². The van der Waals surface area contributed by atoms with E-state index in [1.54, 1.807) is 25.1 Å². The van der Waals surface area contributed by atoms with E-state index >= 15 is 0 Å². The first-order valence-corrected chi connectivity index (χ1v) is 6.47. The predicted octanol–water partition coefficient (Wildman–Crippen LogP) is 1.57. The molecule has 2 amide bonds. The molecule has 1 aromatic rings. The molecule has 0 aliphatic heterocycles. The summed E-state index contributed by atoms with van der Waals surface area (Å²) in [7, 11) is 0. The molecule has 4 N–H and O–H groups in total. The lowest BCUT2D eigenvalue weighted by Gasteiger charge is -2.15. The van der Waals surface area contributed by atoms with Crippen molar-refractivity contribution in [1.82, 2.24) is 10.6 Å². The standard InChI is InChI=1S/C13H18ClN3O2/c1-3-7-16-12(18)8(2)17-13(19)11-9(14)5-4-6-10(11)15/h4-6,8H,3,7,15H2,1-2H3,(H,16,18)(H,17,19). The Bertz CT molecular complexity index is 457. The molecule has 0 aliphatic rings. The fourth-order valence-electron chi connectivity index (χ4n) is 1.52. The highest BCUT2D eigenvalue weighted by Gasteiger charge is 2.19. The minimum Gasteiger partial charge on any atom is -0.398 e. The minimum atomic E-state index is -0.644. The predicted molar refractivity (Wildman–Crippen MR) is 76.1 cm³/mol. The van der Waals surface area contributed by atoms with Crippen molar-refractivity contribution in [3.63, 3.8) is 0 Å². The van der Waals surface area contributed by atoms with Crippen molar-refractivity contribution in [2.75, 3.05) is 12.3 Å². The van der Waals surface area contributed by atoms with E-state index in [1.807, 2.05) is 6.92 Å². The lowest BCUT2D eigenvalue weighted by Crippen LogP contribution is -2.45. The molecule has 104 valence electrons. The van der Waals surface area contributed by atoms with Gasteiger partial charge in [0.05, 0.1) is 10.6 Å². The number of rotatable bonds is 5. The van der Waals surface area contributed by atoms with Gasteiger partial charge in [0.2, 0.25) is 5.91 Å². The Balaban J connectivity index is 2.72. The fraction of sp³-hybridized carbons (Fsp3) is 0.385. The van der Waals surface area contributed by atoms with E-state index in [9.17, 15) is 9.59 Å². The molecule has 0 aliphatic carbocycles. The summed E-state index contributed by atoms with van der Waals surface area (Å²) in [5.74, 6) is -0.692. The van der Waals surface area contributed by atoms with Crippen LogP contribution in [0.5, 0.6) is 0 Å². The van der Waals surface area contributed by atoms with Crippen LogP contribution in [0, 0.1) is 0 Å². The Morgan fingerprint density at radius 1 is 1.42 bits per heavy atom. The molecule has 0 fully saturated rings. The number of amides is 2. The van der Waals surface area contributed by atoms with Crippen LogP contribution in [0.4, 0.5) is 5.69 Å². The van der Waals surface area contributed by atoms with Crippen molar-refractivity contribution < 1.29 is 9.59 Å². The normalized spacial score (nSPS) is 11.7. The minimum absolute atomic E-state index is 0.194. The number of nitrogens with two attached hydrogens (primary N) is 1. The zero-order chi connectivity index (χ0) is 14.4. The number of nitrogen functional groups attached to an aromatic ring is 1. The number of halogens is 1. The lowest BCUT2D eigenvalue weighted by atomic mass is 10.1. The van der Waals surface area contributed by atoms with Crippen molar-refractivity contribution in [2.24, 2.45) is 0 Å². The number of nitrogens with one attached hydrogen (secondary N) is 2. The fourth-order valence-corrected chi connectivity index (χ4v) is 1.78. The van der Waals surface area contributed by atoms with Gasteiger partial charge in [-0.15, -0.1) is 0 Å². The Morgan fingerprint density at radius 2 is 2.11 bits per heavy atom. The lowest BCUT2D eigenvalue weighted by molar-refractivity contribution is -0.122. The van der Waals surface area contributed by atoms with Gasteiger partial charge in [0.1, 0.15) is 6.04 Å². The first-order valence-electron chi connectivity index (χ1n) is 6.10. The summed E-state index contributed by atoms with van der Waals surface area (Å²) < 4.78 is 0. The molecule has 0 spiro atoms. The van der Waals surface area contributed by atoms with Crippen molar-refractivity contribution >= 4 is 29.1 Å². The van der Waals surface area contributed by atoms with Crippen LogP contribution in [0.25, 0.3) is 0 Å². The van der Waals surface area contributed by atoms with Gasteiger partial charge < -0.3 is 16.4 Å². The van der Waals surface area contributed by atoms with Crippen LogP contribution in [0.15, 0.2) is 18.2 Å². The van der Waals surface area contributed by atoms with Crippen LogP contribution in [0.3, 0.4) is 0 Å². The van der Waals surface area contributed by atoms with Gasteiger partial charge in [-0.3, -0.25) is 9.59 Å². The highest BCUT2D eigenvalue weighted by Crippen LogP contribution is 2.21. The molecule has 1 aromatic carbocycles. The molecule has 1 rings (SSSR count). The van der Waals surface area contributed by atoms with Crippen LogP contribution in [0.2, 0.25) is 5.02 Å². The quantitative estimate of drug-likeness (QED) is 0.717. The Labute approximate surface area is 117 Å². The average molecular weight is 284 g/mol. The van der Waals surface area contributed by atoms with Crippen LogP contribution < -0.4 is 16.4 Å². The number of benzene rings is 1. The van der Waals surface area contributed by atoms with E-state index in [0.717, 1.165) is 6.42 Å². The zero-order valence-corrected chi connectivity index (χ0v) is 11.8. The van der Waals surface area contributed by atoms with Crippen LogP contribution >= 0.6 is 11.6 Å². The summed E-state index contributed by atoms with van der Waals surface area (Å²) in [5.41, 5.74) is 6.19. The first kappa shape index (κ1) is 15.3. The molecule has 1 unspecified atom stereocenters. The molecule has 0 heterocycles. The zero-order valence-electron chi connectivity index (χ0n) is 11.0. The molecule has 0 bridgehead atoms. The Hall–Kier alpha value is -1.75. The van der Waals surface area contributed by atoms with Crippen molar-refractivity contribution in [3.8, 4) is 0 Å². The van der Waals surface area contributed by atoms with Gasteiger partial charge >= 0.3 is 0 Å². The molecular weight excluding hydrogens is 266 g/mol. The second kappa shape index (κ2) is 6.99. The van der Waals surface area contributed by atoms with Crippen molar-refractivity contribution in [1.29, 1.82) is 0 Å². The van der Waals surface area contributed by atoms with E-state index in [-0.39, 0.29) is 22.2 Å². The molecule has 0 saturated heterocycles. The SMILES string of the molecule is CCCNC(=O)C(C)NC(=O)c1c(N)cccc1Cl. The van der Waals surface area contributed by atoms with Crippen LogP contribution in [-0.2, 0) is 4.79 Å². The third-order valence-electron chi connectivity index (χ3n) is 2.56. The van der Waals surface area contributed by atoms with Crippen LogP contribution in [-0.4, -0.2) is 24.4 Å². The maximum Gasteiger partial charge on any atom is 0.255 e. The van der Waals surface area contributed by atoms with Gasteiger partial charge in [0.15, 0.2) is 0 Å². The van der Waals surface area contributed by atoms with E-state index in [1.165, 1.54) is 0 Å². The van der Waals surface area contributed by atoms with Crippen LogP contribution in [0.1, 0.15) is 30.6 Å². The molecular formula is C13H18ClN3O2. The molecule has 0 saturated carbocycles. The first-order chi connectivity index (χ1) is 8.97. The van der Waals surface area contributed by atoms with Gasteiger partial charge in [0.25, 0.3) is 5.91 Å². The van der Waals surface area contributed by atoms with Gasteiger partial charge in [-0.2, -0.15) is 0 Å². The topological polar surface area (TPSA) is 84.2 Å². The average Bonchev–Trinajstić information content (AvgIpc) is 2.35. The third kappa shape index (κ3) is 4.13. The number of hydrogen-bond donors (Lipinski definition) is 3. The molecule has 19 heavy (non-hydrogen) atoms. The number of carbonyl (C=O) groups is 2. The summed E-state index contributed by atoms with van der Waals surface area (Å²) in [6.45, 7) is 4.14. The number of anilines is 1. The van der Waals surface area contributed by atoms with E-state index in [2.05, 4.69) is 10.6 Å². The Morgan fingerprint density at radius 3 is 2.68 bits per heavy atom. The molecule has 6 heteroatoms. The van der Waals surface area contributed by atoms with E-state index < -0.39 is 11.9 Å². The molecule has 1 atom stereocenters. The number of carbonyl (C=O) groups excluding carboxylic acids is 2. The summed E-state index contributed by atoms with van der Waals surface area (Å²) in [5, 5.41) is 5.53. The molecule has 5 nitrogen and oxygen atoms in total. The second-order valence-corrected chi connectivity index (χ2v) is 4.60. The highest BCUT2D eigenvalue weighted by molar-refractivity contribution is 6.34. The van der Waals surface area contributed by atoms with E-state index in [4.69, 9.17) is 17.3 Å². The van der Waals surface area contributed by atoms with Gasteiger partial charge in [-0.1, -0.05) is 24.6 Å². The monoisotopic (exact) mass is 283 g/mol. The van der Waals surface area contributed by atoms with Gasteiger partial charge in [-0.05, 0) is 25.5 Å². The summed E-state index contributed by atoms with van der Waals surface area (Å²) >= 11 is 5.93. The molecule has 0 aromatic heterocycles. The highest BCUT2D eigenvalue weighted by atomic mass is 35.5. The largest absolute Gasteiger partial charge is 0.398 e. The number of hydrogen-bond acceptors (Lipinski definition) is 3.